The lowest BCUT2D eigenvalue weighted by Crippen LogP contribution is -2.49. The van der Waals surface area contributed by atoms with E-state index in [1.54, 1.807) is 41.3 Å². The number of benzene rings is 2. The maximum Gasteiger partial charge on any atom is 0.242 e. The van der Waals surface area contributed by atoms with E-state index < -0.39 is 6.04 Å². The van der Waals surface area contributed by atoms with Crippen LogP contribution < -0.4 is 5.32 Å². The minimum atomic E-state index is -0.610. The number of nitrogens with one attached hydrogen (secondary N) is 1. The summed E-state index contributed by atoms with van der Waals surface area (Å²) in [6.45, 7) is 4.64. The fraction of sp³-hybridized carbons (Fsp3) is 0.364. The summed E-state index contributed by atoms with van der Waals surface area (Å²) in [5, 5.41) is 4.52. The zero-order valence-electron chi connectivity index (χ0n) is 16.9. The first-order valence-electron chi connectivity index (χ1n) is 9.71. The molecule has 162 valence electrons. The lowest BCUT2D eigenvalue weighted by Gasteiger charge is -2.31. The minimum Gasteiger partial charge on any atom is -0.354 e. The highest BCUT2D eigenvalue weighted by atomic mass is 35.5. The first-order chi connectivity index (χ1) is 14.3. The molecule has 0 bridgehead atoms. The van der Waals surface area contributed by atoms with Crippen LogP contribution in [0, 0.1) is 0 Å². The highest BCUT2D eigenvalue weighted by molar-refractivity contribution is 6.42. The van der Waals surface area contributed by atoms with Gasteiger partial charge in [-0.05, 0) is 48.2 Å². The maximum atomic E-state index is 13.3. The standard InChI is InChI=1S/C22H24Cl4N2O2/c1-3-9-27-22(30)20(4-2)28(13-15-6-8-17(24)19(26)11-15)21(29)12-14-5-7-16(23)18(25)10-14/h5-8,10-11,20H,3-4,9,12-13H2,1-2H3,(H,27,30)/t20-/m0/s1. The van der Waals surface area contributed by atoms with E-state index in [2.05, 4.69) is 5.32 Å². The van der Waals surface area contributed by atoms with E-state index in [9.17, 15) is 9.59 Å². The Bertz CT molecular complexity index is 905. The predicted octanol–water partition coefficient (Wildman–Crippen LogP) is 6.18. The fourth-order valence-electron chi connectivity index (χ4n) is 3.05. The van der Waals surface area contributed by atoms with Crippen molar-refractivity contribution in [2.24, 2.45) is 0 Å². The molecule has 0 unspecified atom stereocenters. The molecule has 0 heterocycles. The van der Waals surface area contributed by atoms with E-state index in [4.69, 9.17) is 46.4 Å². The fourth-order valence-corrected chi connectivity index (χ4v) is 3.69. The number of carbonyl (C=O) groups excluding carboxylic acids is 2. The Morgan fingerprint density at radius 3 is 2.00 bits per heavy atom. The van der Waals surface area contributed by atoms with Crippen molar-refractivity contribution in [1.82, 2.24) is 10.2 Å². The molecule has 0 saturated heterocycles. The number of hydrogen-bond acceptors (Lipinski definition) is 2. The molecule has 0 aliphatic rings. The number of rotatable bonds is 9. The molecule has 2 aromatic rings. The molecule has 0 aromatic heterocycles. The van der Waals surface area contributed by atoms with Crippen molar-refractivity contribution in [1.29, 1.82) is 0 Å². The van der Waals surface area contributed by atoms with Crippen LogP contribution in [0.3, 0.4) is 0 Å². The minimum absolute atomic E-state index is 0.0930. The SMILES string of the molecule is CCCNC(=O)[C@H](CC)N(Cc1ccc(Cl)c(Cl)c1)C(=O)Cc1ccc(Cl)c(Cl)c1. The second-order valence-electron chi connectivity index (χ2n) is 6.91. The predicted molar refractivity (Wildman–Crippen MR) is 125 cm³/mol. The van der Waals surface area contributed by atoms with E-state index in [1.165, 1.54) is 0 Å². The van der Waals surface area contributed by atoms with Gasteiger partial charge in [0.1, 0.15) is 6.04 Å². The van der Waals surface area contributed by atoms with Gasteiger partial charge in [0.05, 0.1) is 26.5 Å². The van der Waals surface area contributed by atoms with Crippen LogP contribution >= 0.6 is 46.4 Å². The first-order valence-corrected chi connectivity index (χ1v) is 11.2. The van der Waals surface area contributed by atoms with Gasteiger partial charge < -0.3 is 10.2 Å². The van der Waals surface area contributed by atoms with Gasteiger partial charge in [-0.25, -0.2) is 0 Å². The Kier molecular flexibility index (Phi) is 9.76. The largest absolute Gasteiger partial charge is 0.354 e. The average Bonchev–Trinajstić information content (AvgIpc) is 2.71. The van der Waals surface area contributed by atoms with Crippen LogP contribution in [0.5, 0.6) is 0 Å². The summed E-state index contributed by atoms with van der Waals surface area (Å²) in [5.41, 5.74) is 1.51. The molecule has 1 atom stereocenters. The van der Waals surface area contributed by atoms with Crippen LogP contribution in [0.2, 0.25) is 20.1 Å². The summed E-state index contributed by atoms with van der Waals surface area (Å²) in [6.07, 6.45) is 1.38. The summed E-state index contributed by atoms with van der Waals surface area (Å²) in [5.74, 6) is -0.375. The van der Waals surface area contributed by atoms with Gasteiger partial charge in [0.2, 0.25) is 11.8 Å². The first kappa shape index (κ1) is 24.8. The second-order valence-corrected chi connectivity index (χ2v) is 8.54. The molecule has 2 rings (SSSR count). The summed E-state index contributed by atoms with van der Waals surface area (Å²) in [7, 11) is 0. The highest BCUT2D eigenvalue weighted by Crippen LogP contribution is 2.26. The zero-order chi connectivity index (χ0) is 22.3. The molecule has 8 heteroatoms. The third-order valence-electron chi connectivity index (χ3n) is 4.61. The molecule has 2 aromatic carbocycles. The van der Waals surface area contributed by atoms with Crippen LogP contribution in [0.1, 0.15) is 37.8 Å². The van der Waals surface area contributed by atoms with E-state index in [0.29, 0.717) is 33.1 Å². The number of carbonyl (C=O) groups is 2. The molecule has 4 nitrogen and oxygen atoms in total. The zero-order valence-corrected chi connectivity index (χ0v) is 19.9. The van der Waals surface area contributed by atoms with E-state index in [-0.39, 0.29) is 24.8 Å². The average molecular weight is 490 g/mol. The number of nitrogens with zero attached hydrogens (tertiary/aromatic N) is 1. The Balaban J connectivity index is 2.31. The van der Waals surface area contributed by atoms with Crippen LogP contribution in [0.25, 0.3) is 0 Å². The second kappa shape index (κ2) is 11.8. The van der Waals surface area contributed by atoms with Gasteiger partial charge in [-0.1, -0.05) is 72.4 Å². The molecule has 0 fully saturated rings. The molecule has 0 aliphatic heterocycles. The van der Waals surface area contributed by atoms with Gasteiger partial charge in [0, 0.05) is 13.1 Å². The lowest BCUT2D eigenvalue weighted by atomic mass is 10.1. The van der Waals surface area contributed by atoms with E-state index >= 15 is 0 Å². The van der Waals surface area contributed by atoms with Crippen LogP contribution in [-0.2, 0) is 22.6 Å². The topological polar surface area (TPSA) is 49.4 Å². The molecule has 0 spiro atoms. The maximum absolute atomic E-state index is 13.3. The molecular formula is C22H24Cl4N2O2. The molecule has 1 N–H and O–H groups in total. The third kappa shape index (κ3) is 6.78. The van der Waals surface area contributed by atoms with Crippen LogP contribution in [-0.4, -0.2) is 29.3 Å². The quantitative estimate of drug-likeness (QED) is 0.457. The van der Waals surface area contributed by atoms with Crippen molar-refractivity contribution >= 4 is 58.2 Å². The van der Waals surface area contributed by atoms with Gasteiger partial charge in [0.15, 0.2) is 0 Å². The number of halogens is 4. The Morgan fingerprint density at radius 1 is 0.900 bits per heavy atom. The van der Waals surface area contributed by atoms with E-state index in [0.717, 1.165) is 17.5 Å². The van der Waals surface area contributed by atoms with Gasteiger partial charge in [0.25, 0.3) is 0 Å². The molecular weight excluding hydrogens is 466 g/mol. The third-order valence-corrected chi connectivity index (χ3v) is 6.09. The van der Waals surface area contributed by atoms with Crippen molar-refractivity contribution in [2.45, 2.75) is 45.7 Å². The van der Waals surface area contributed by atoms with Gasteiger partial charge in [-0.15, -0.1) is 0 Å². The van der Waals surface area contributed by atoms with Gasteiger partial charge in [-0.3, -0.25) is 9.59 Å². The van der Waals surface area contributed by atoms with E-state index in [1.807, 2.05) is 13.8 Å². The monoisotopic (exact) mass is 488 g/mol. The normalized spacial score (nSPS) is 11.8. The molecule has 0 aliphatic carbocycles. The Hall–Kier alpha value is -1.46. The van der Waals surface area contributed by atoms with Crippen LogP contribution in [0.4, 0.5) is 0 Å². The molecule has 2 amide bonds. The smallest absolute Gasteiger partial charge is 0.242 e. The molecule has 30 heavy (non-hydrogen) atoms. The van der Waals surface area contributed by atoms with Crippen LogP contribution in [0.15, 0.2) is 36.4 Å². The van der Waals surface area contributed by atoms with Gasteiger partial charge >= 0.3 is 0 Å². The Labute approximate surface area is 197 Å². The van der Waals surface area contributed by atoms with Crippen molar-refractivity contribution in [3.63, 3.8) is 0 Å². The molecule has 0 radical (unpaired) electrons. The van der Waals surface area contributed by atoms with Crippen molar-refractivity contribution in [3.05, 3.63) is 67.6 Å². The summed E-state index contributed by atoms with van der Waals surface area (Å²) >= 11 is 24.2. The Morgan fingerprint density at radius 2 is 1.47 bits per heavy atom. The van der Waals surface area contributed by atoms with Crippen molar-refractivity contribution < 1.29 is 9.59 Å². The number of amides is 2. The lowest BCUT2D eigenvalue weighted by molar-refractivity contribution is -0.140. The number of hydrogen-bond donors (Lipinski definition) is 1. The summed E-state index contributed by atoms with van der Waals surface area (Å²) in [4.78, 5) is 27.6. The van der Waals surface area contributed by atoms with Crippen molar-refractivity contribution in [3.8, 4) is 0 Å². The van der Waals surface area contributed by atoms with Crippen molar-refractivity contribution in [2.75, 3.05) is 6.54 Å². The summed E-state index contributed by atoms with van der Waals surface area (Å²) in [6, 6.07) is 9.64. The highest BCUT2D eigenvalue weighted by Gasteiger charge is 2.28. The van der Waals surface area contributed by atoms with Gasteiger partial charge in [-0.2, -0.15) is 0 Å². The summed E-state index contributed by atoms with van der Waals surface area (Å²) < 4.78 is 0. The molecule has 0 saturated carbocycles.